The Hall–Kier alpha value is -2.27. The van der Waals surface area contributed by atoms with Crippen LogP contribution in [-0.2, 0) is 4.79 Å². The average Bonchev–Trinajstić information content (AvgIpc) is 2.86. The first-order chi connectivity index (χ1) is 11.1. The Labute approximate surface area is 140 Å². The molecule has 1 aliphatic heterocycles. The van der Waals surface area contributed by atoms with Gasteiger partial charge in [-0.3, -0.25) is 14.5 Å². The quantitative estimate of drug-likeness (QED) is 0.866. The van der Waals surface area contributed by atoms with Gasteiger partial charge < -0.3 is 4.90 Å². The van der Waals surface area contributed by atoms with Gasteiger partial charge in [-0.05, 0) is 23.8 Å². The summed E-state index contributed by atoms with van der Waals surface area (Å²) in [5.74, 6) is 0.365. The summed E-state index contributed by atoms with van der Waals surface area (Å²) in [4.78, 5) is 28.1. The third-order valence-electron chi connectivity index (χ3n) is 3.81. The van der Waals surface area contributed by atoms with Crippen LogP contribution in [0.5, 0.6) is 0 Å². The maximum atomic E-state index is 12.8. The highest BCUT2D eigenvalue weighted by molar-refractivity contribution is 8.00. The molecule has 5 heteroatoms. The van der Waals surface area contributed by atoms with E-state index < -0.39 is 0 Å². The number of para-hydroxylation sites is 1. The summed E-state index contributed by atoms with van der Waals surface area (Å²) in [6.45, 7) is 0. The predicted molar refractivity (Wildman–Crippen MR) is 93.6 cm³/mol. The Morgan fingerprint density at radius 2 is 1.74 bits per heavy atom. The molecule has 0 saturated heterocycles. The minimum Gasteiger partial charge on any atom is -0.348 e. The van der Waals surface area contributed by atoms with Crippen LogP contribution in [-0.4, -0.2) is 36.6 Å². The number of carbonyl (C=O) groups is 2. The Morgan fingerprint density at radius 1 is 1.09 bits per heavy atom. The van der Waals surface area contributed by atoms with E-state index >= 15 is 0 Å². The molecule has 23 heavy (non-hydrogen) atoms. The zero-order valence-corrected chi connectivity index (χ0v) is 13.9. The maximum absolute atomic E-state index is 12.8. The van der Waals surface area contributed by atoms with Crippen LogP contribution in [0.25, 0.3) is 0 Å². The molecule has 1 heterocycles. The van der Waals surface area contributed by atoms with Crippen molar-refractivity contribution in [3.63, 3.8) is 0 Å². The number of benzene rings is 2. The smallest absolute Gasteiger partial charge is 0.259 e. The van der Waals surface area contributed by atoms with E-state index in [1.54, 1.807) is 23.9 Å². The van der Waals surface area contributed by atoms with Crippen molar-refractivity contribution >= 4 is 29.3 Å². The topological polar surface area (TPSA) is 40.6 Å². The van der Waals surface area contributed by atoms with Gasteiger partial charge in [0.15, 0.2) is 0 Å². The van der Waals surface area contributed by atoms with Crippen molar-refractivity contribution in [2.75, 3.05) is 24.7 Å². The number of hydrogen-bond acceptors (Lipinski definition) is 3. The second kappa shape index (κ2) is 6.46. The summed E-state index contributed by atoms with van der Waals surface area (Å²) >= 11 is 1.48. The van der Waals surface area contributed by atoms with Gasteiger partial charge in [-0.25, -0.2) is 0 Å². The SMILES string of the molecule is CN(C)C(=O)CS[C@H]1c2ccccc2C(=O)N1c1ccccc1. The molecule has 0 aromatic heterocycles. The van der Waals surface area contributed by atoms with Crippen LogP contribution in [0.3, 0.4) is 0 Å². The normalized spacial score (nSPS) is 16.3. The highest BCUT2D eigenvalue weighted by atomic mass is 32.2. The number of nitrogens with zero attached hydrogens (tertiary/aromatic N) is 2. The van der Waals surface area contributed by atoms with Crippen molar-refractivity contribution in [2.45, 2.75) is 5.37 Å². The molecule has 2 amide bonds. The first kappa shape index (κ1) is 15.6. The number of carbonyl (C=O) groups excluding carboxylic acids is 2. The largest absolute Gasteiger partial charge is 0.348 e. The second-order valence-electron chi connectivity index (χ2n) is 5.55. The molecule has 2 aromatic carbocycles. The van der Waals surface area contributed by atoms with Crippen molar-refractivity contribution in [3.05, 3.63) is 65.7 Å². The first-order valence-electron chi connectivity index (χ1n) is 7.39. The van der Waals surface area contributed by atoms with Gasteiger partial charge in [0.05, 0.1) is 5.75 Å². The van der Waals surface area contributed by atoms with Crippen LogP contribution in [0.1, 0.15) is 21.3 Å². The van der Waals surface area contributed by atoms with Crippen LogP contribution in [0.15, 0.2) is 54.6 Å². The van der Waals surface area contributed by atoms with Gasteiger partial charge >= 0.3 is 0 Å². The van der Waals surface area contributed by atoms with Gasteiger partial charge in [0.1, 0.15) is 5.37 Å². The molecular formula is C18H18N2O2S. The summed E-state index contributed by atoms with van der Waals surface area (Å²) in [6, 6.07) is 17.2. The monoisotopic (exact) mass is 326 g/mol. The second-order valence-corrected chi connectivity index (χ2v) is 6.62. The van der Waals surface area contributed by atoms with Gasteiger partial charge in [0, 0.05) is 25.3 Å². The Balaban J connectivity index is 1.94. The Kier molecular flexibility index (Phi) is 4.39. The third-order valence-corrected chi connectivity index (χ3v) is 5.00. The lowest BCUT2D eigenvalue weighted by Crippen LogP contribution is -2.28. The van der Waals surface area contributed by atoms with E-state index in [2.05, 4.69) is 0 Å². The van der Waals surface area contributed by atoms with E-state index in [1.807, 2.05) is 54.6 Å². The summed E-state index contributed by atoms with van der Waals surface area (Å²) in [7, 11) is 3.48. The molecule has 0 saturated carbocycles. The lowest BCUT2D eigenvalue weighted by molar-refractivity contribution is -0.125. The minimum atomic E-state index is -0.176. The average molecular weight is 326 g/mol. The molecule has 0 bridgehead atoms. The van der Waals surface area contributed by atoms with E-state index in [0.717, 1.165) is 11.3 Å². The summed E-state index contributed by atoms with van der Waals surface area (Å²) in [5.41, 5.74) is 2.53. The molecule has 0 aliphatic carbocycles. The number of thioether (sulfide) groups is 1. The van der Waals surface area contributed by atoms with Gasteiger partial charge in [-0.1, -0.05) is 36.4 Å². The van der Waals surface area contributed by atoms with Crippen molar-refractivity contribution in [1.29, 1.82) is 0 Å². The maximum Gasteiger partial charge on any atom is 0.259 e. The highest BCUT2D eigenvalue weighted by Crippen LogP contribution is 2.43. The van der Waals surface area contributed by atoms with Crippen molar-refractivity contribution < 1.29 is 9.59 Å². The summed E-state index contributed by atoms with van der Waals surface area (Å²) < 4.78 is 0. The first-order valence-corrected chi connectivity index (χ1v) is 8.44. The Morgan fingerprint density at radius 3 is 2.43 bits per heavy atom. The molecule has 2 aromatic rings. The molecule has 0 unspecified atom stereocenters. The molecule has 0 fully saturated rings. The fourth-order valence-corrected chi connectivity index (χ4v) is 3.88. The lowest BCUT2D eigenvalue weighted by atomic mass is 10.1. The fourth-order valence-electron chi connectivity index (χ4n) is 2.57. The molecule has 118 valence electrons. The summed E-state index contributed by atoms with van der Waals surface area (Å²) in [5, 5.41) is -0.176. The van der Waals surface area contributed by atoms with Crippen LogP contribution < -0.4 is 4.90 Å². The van der Waals surface area contributed by atoms with Crippen molar-refractivity contribution in [1.82, 2.24) is 4.90 Å². The van der Waals surface area contributed by atoms with Gasteiger partial charge in [0.2, 0.25) is 5.91 Å². The van der Waals surface area contributed by atoms with Gasteiger partial charge in [-0.2, -0.15) is 0 Å². The molecule has 1 aliphatic rings. The van der Waals surface area contributed by atoms with Crippen LogP contribution in [0, 0.1) is 0 Å². The number of fused-ring (bicyclic) bond motifs is 1. The van der Waals surface area contributed by atoms with Crippen LogP contribution in [0.2, 0.25) is 0 Å². The number of hydrogen-bond donors (Lipinski definition) is 0. The van der Waals surface area contributed by atoms with E-state index in [9.17, 15) is 9.59 Å². The number of anilines is 1. The number of rotatable bonds is 4. The van der Waals surface area contributed by atoms with E-state index in [0.29, 0.717) is 11.3 Å². The van der Waals surface area contributed by atoms with Crippen molar-refractivity contribution in [2.24, 2.45) is 0 Å². The van der Waals surface area contributed by atoms with Crippen molar-refractivity contribution in [3.8, 4) is 0 Å². The van der Waals surface area contributed by atoms with Gasteiger partial charge in [-0.15, -0.1) is 11.8 Å². The molecule has 0 N–H and O–H groups in total. The van der Waals surface area contributed by atoms with Gasteiger partial charge in [0.25, 0.3) is 5.91 Å². The van der Waals surface area contributed by atoms with Crippen LogP contribution in [0.4, 0.5) is 5.69 Å². The molecule has 0 radical (unpaired) electrons. The fraction of sp³-hybridized carbons (Fsp3) is 0.222. The van der Waals surface area contributed by atoms with Crippen LogP contribution >= 0.6 is 11.8 Å². The standard InChI is InChI=1S/C18H18N2O2S/c1-19(2)16(21)12-23-18-15-11-7-6-10-14(15)17(22)20(18)13-8-4-3-5-9-13/h3-11,18H,12H2,1-2H3/t18-/m0/s1. The third kappa shape index (κ3) is 2.97. The van der Waals surface area contributed by atoms with E-state index in [-0.39, 0.29) is 17.2 Å². The van der Waals surface area contributed by atoms with E-state index in [4.69, 9.17) is 0 Å². The zero-order valence-electron chi connectivity index (χ0n) is 13.1. The number of amides is 2. The molecule has 4 nitrogen and oxygen atoms in total. The van der Waals surface area contributed by atoms with E-state index in [1.165, 1.54) is 11.8 Å². The highest BCUT2D eigenvalue weighted by Gasteiger charge is 2.38. The Bertz CT molecular complexity index is 731. The minimum absolute atomic E-state index is 0.0124. The molecule has 3 rings (SSSR count). The molecular weight excluding hydrogens is 308 g/mol. The zero-order chi connectivity index (χ0) is 16.4. The predicted octanol–water partition coefficient (Wildman–Crippen LogP) is 3.17. The summed E-state index contributed by atoms with van der Waals surface area (Å²) in [6.07, 6.45) is 0. The molecule has 1 atom stereocenters. The molecule has 0 spiro atoms. The lowest BCUT2D eigenvalue weighted by Gasteiger charge is -2.25.